The first-order valence-corrected chi connectivity index (χ1v) is 7.12. The van der Waals surface area contributed by atoms with Crippen LogP contribution in [0.15, 0.2) is 0 Å². The molecule has 0 aromatic heterocycles. The van der Waals surface area contributed by atoms with Gasteiger partial charge >= 0.3 is 0 Å². The van der Waals surface area contributed by atoms with Gasteiger partial charge in [-0.15, -0.1) is 0 Å². The summed E-state index contributed by atoms with van der Waals surface area (Å²) >= 11 is 0. The summed E-state index contributed by atoms with van der Waals surface area (Å²) in [5.74, 6) is 5.77. The molecule has 3 rings (SSSR count). The molecule has 3 saturated carbocycles. The molecule has 86 valence electrons. The molecule has 0 heterocycles. The van der Waals surface area contributed by atoms with E-state index in [-0.39, 0.29) is 0 Å². The van der Waals surface area contributed by atoms with Crippen LogP contribution in [0.3, 0.4) is 0 Å². The van der Waals surface area contributed by atoms with Gasteiger partial charge in [0.2, 0.25) is 0 Å². The van der Waals surface area contributed by atoms with Gasteiger partial charge in [-0.05, 0) is 74.8 Å². The smallest absolute Gasteiger partial charge is 0.00463 e. The highest BCUT2D eigenvalue weighted by atomic mass is 14.8. The van der Waals surface area contributed by atoms with Gasteiger partial charge in [-0.25, -0.2) is 0 Å². The molecule has 0 aromatic carbocycles. The Bertz CT molecular complexity index is 219. The molecule has 1 heteroatoms. The Hall–Kier alpha value is -0.0400. The second-order valence-electron chi connectivity index (χ2n) is 5.98. The average molecular weight is 207 g/mol. The molecule has 0 saturated heterocycles. The molecule has 1 nitrogen and oxygen atoms in total. The summed E-state index contributed by atoms with van der Waals surface area (Å²) in [6.45, 7) is 4.63. The Morgan fingerprint density at radius 3 is 2.67 bits per heavy atom. The lowest BCUT2D eigenvalue weighted by atomic mass is 9.57. The first-order chi connectivity index (χ1) is 7.42. The fourth-order valence-corrected chi connectivity index (χ4v) is 4.99. The second-order valence-corrected chi connectivity index (χ2v) is 5.98. The van der Waals surface area contributed by atoms with Gasteiger partial charge in [0.05, 0.1) is 0 Å². The van der Waals surface area contributed by atoms with E-state index >= 15 is 0 Å². The Morgan fingerprint density at radius 2 is 1.80 bits per heavy atom. The molecule has 0 spiro atoms. The monoisotopic (exact) mass is 207 g/mol. The fourth-order valence-electron chi connectivity index (χ4n) is 4.99. The summed E-state index contributed by atoms with van der Waals surface area (Å²) in [6.07, 6.45) is 9.27. The number of nitrogens with one attached hydrogen (secondary N) is 1. The van der Waals surface area contributed by atoms with Crippen LogP contribution in [0.2, 0.25) is 0 Å². The molecule has 0 aliphatic heterocycles. The Labute approximate surface area is 94.0 Å². The van der Waals surface area contributed by atoms with Gasteiger partial charge < -0.3 is 5.32 Å². The van der Waals surface area contributed by atoms with Crippen LogP contribution in [-0.4, -0.2) is 13.1 Å². The topological polar surface area (TPSA) is 12.0 Å². The lowest BCUT2D eigenvalue weighted by molar-refractivity contribution is 0.00178. The Morgan fingerprint density at radius 1 is 1.00 bits per heavy atom. The van der Waals surface area contributed by atoms with Crippen LogP contribution in [0.1, 0.15) is 45.4 Å². The van der Waals surface area contributed by atoms with Crippen molar-refractivity contribution in [3.05, 3.63) is 0 Å². The molecule has 0 aromatic rings. The van der Waals surface area contributed by atoms with Gasteiger partial charge in [0.25, 0.3) is 0 Å². The fraction of sp³-hybridized carbons (Fsp3) is 1.00. The van der Waals surface area contributed by atoms with Crippen molar-refractivity contribution < 1.29 is 0 Å². The lowest BCUT2D eigenvalue weighted by Crippen LogP contribution is -2.43. The summed E-state index contributed by atoms with van der Waals surface area (Å²) in [5.41, 5.74) is 0. The SMILES string of the molecule is CCNCCC1CCC2C3CCCC3C12. The van der Waals surface area contributed by atoms with Gasteiger partial charge in [0.1, 0.15) is 0 Å². The lowest BCUT2D eigenvalue weighted by Gasteiger charge is -2.48. The van der Waals surface area contributed by atoms with Crippen LogP contribution < -0.4 is 5.32 Å². The summed E-state index contributed by atoms with van der Waals surface area (Å²) in [4.78, 5) is 0. The molecule has 3 aliphatic carbocycles. The zero-order chi connectivity index (χ0) is 10.3. The highest BCUT2D eigenvalue weighted by Gasteiger charge is 2.56. The van der Waals surface area contributed by atoms with Gasteiger partial charge in [-0.3, -0.25) is 0 Å². The van der Waals surface area contributed by atoms with Crippen LogP contribution >= 0.6 is 0 Å². The highest BCUT2D eigenvalue weighted by Crippen LogP contribution is 2.64. The van der Waals surface area contributed by atoms with Crippen LogP contribution in [0, 0.1) is 29.6 Å². The molecule has 1 N–H and O–H groups in total. The molecule has 0 amide bonds. The van der Waals surface area contributed by atoms with Crippen LogP contribution in [0.25, 0.3) is 0 Å². The summed E-state index contributed by atoms with van der Waals surface area (Å²) in [6, 6.07) is 0. The van der Waals surface area contributed by atoms with Gasteiger partial charge in [-0.1, -0.05) is 13.3 Å². The van der Waals surface area contributed by atoms with E-state index in [0.717, 1.165) is 18.4 Å². The summed E-state index contributed by atoms with van der Waals surface area (Å²) in [5, 5.41) is 3.49. The molecule has 3 fully saturated rings. The van der Waals surface area contributed by atoms with Crippen molar-refractivity contribution in [3.63, 3.8) is 0 Å². The number of fused-ring (bicyclic) bond motifs is 4. The van der Waals surface area contributed by atoms with Crippen molar-refractivity contribution >= 4 is 0 Å². The van der Waals surface area contributed by atoms with Crippen molar-refractivity contribution in [1.29, 1.82) is 0 Å². The van der Waals surface area contributed by atoms with E-state index in [4.69, 9.17) is 0 Å². The van der Waals surface area contributed by atoms with E-state index in [1.165, 1.54) is 30.7 Å². The van der Waals surface area contributed by atoms with Gasteiger partial charge in [0.15, 0.2) is 0 Å². The highest BCUT2D eigenvalue weighted by molar-refractivity contribution is 5.05. The van der Waals surface area contributed by atoms with E-state index in [9.17, 15) is 0 Å². The molecule has 0 radical (unpaired) electrons. The first kappa shape index (κ1) is 10.1. The van der Waals surface area contributed by atoms with Crippen molar-refractivity contribution in [2.24, 2.45) is 29.6 Å². The Balaban J connectivity index is 1.54. The van der Waals surface area contributed by atoms with Crippen LogP contribution in [0.4, 0.5) is 0 Å². The molecular weight excluding hydrogens is 182 g/mol. The first-order valence-electron chi connectivity index (χ1n) is 7.12. The number of hydrogen-bond donors (Lipinski definition) is 1. The van der Waals surface area contributed by atoms with Gasteiger partial charge in [0, 0.05) is 0 Å². The zero-order valence-corrected chi connectivity index (χ0v) is 10.0. The van der Waals surface area contributed by atoms with Crippen molar-refractivity contribution in [1.82, 2.24) is 5.32 Å². The third-order valence-electron chi connectivity index (χ3n) is 5.52. The van der Waals surface area contributed by atoms with E-state index in [1.807, 2.05) is 0 Å². The number of rotatable bonds is 4. The van der Waals surface area contributed by atoms with E-state index in [1.54, 1.807) is 32.1 Å². The minimum absolute atomic E-state index is 1.09. The maximum absolute atomic E-state index is 3.49. The quantitative estimate of drug-likeness (QED) is 0.699. The van der Waals surface area contributed by atoms with E-state index < -0.39 is 0 Å². The molecule has 5 unspecified atom stereocenters. The van der Waals surface area contributed by atoms with Crippen LogP contribution in [0.5, 0.6) is 0 Å². The molecule has 15 heavy (non-hydrogen) atoms. The van der Waals surface area contributed by atoms with Gasteiger partial charge in [-0.2, -0.15) is 0 Å². The normalized spacial score (nSPS) is 47.4. The summed E-state index contributed by atoms with van der Waals surface area (Å²) < 4.78 is 0. The minimum Gasteiger partial charge on any atom is -0.317 e. The van der Waals surface area contributed by atoms with E-state index in [0.29, 0.717) is 0 Å². The number of hydrogen-bond acceptors (Lipinski definition) is 1. The Kier molecular flexibility index (Phi) is 2.76. The van der Waals surface area contributed by atoms with E-state index in [2.05, 4.69) is 12.2 Å². The second kappa shape index (κ2) is 4.08. The molecule has 0 bridgehead atoms. The van der Waals surface area contributed by atoms with Crippen molar-refractivity contribution in [2.75, 3.05) is 13.1 Å². The predicted octanol–water partition coefficient (Wildman–Crippen LogP) is 3.06. The van der Waals surface area contributed by atoms with Crippen molar-refractivity contribution in [3.8, 4) is 0 Å². The molecule has 5 atom stereocenters. The molecule has 3 aliphatic rings. The maximum atomic E-state index is 3.49. The minimum atomic E-state index is 1.09. The molecular formula is C14H25N. The third-order valence-corrected chi connectivity index (χ3v) is 5.52. The standard InChI is InChI=1S/C14H25N/c1-2-15-9-8-10-6-7-13-11-4-3-5-12(11)14(10)13/h10-15H,2-9H2,1H3. The van der Waals surface area contributed by atoms with Crippen LogP contribution in [-0.2, 0) is 0 Å². The predicted molar refractivity (Wildman–Crippen MR) is 63.7 cm³/mol. The van der Waals surface area contributed by atoms with Crippen molar-refractivity contribution in [2.45, 2.75) is 45.4 Å². The summed E-state index contributed by atoms with van der Waals surface area (Å²) in [7, 11) is 0. The zero-order valence-electron chi connectivity index (χ0n) is 10.0. The largest absolute Gasteiger partial charge is 0.317 e. The third kappa shape index (κ3) is 1.54. The average Bonchev–Trinajstić information content (AvgIpc) is 2.75. The maximum Gasteiger partial charge on any atom is -0.00463 e.